The van der Waals surface area contributed by atoms with Gasteiger partial charge in [-0.25, -0.2) is 0 Å². The van der Waals surface area contributed by atoms with E-state index in [0.717, 1.165) is 0 Å². The fourth-order valence-corrected chi connectivity index (χ4v) is 0. The Hall–Kier alpha value is 3.58. The van der Waals surface area contributed by atoms with Crippen LogP contribution in [0, 0.1) is 0 Å². The number of hydrogen-bond donors (Lipinski definition) is 0. The van der Waals surface area contributed by atoms with Gasteiger partial charge < -0.3 is 8.56 Å². The minimum atomic E-state index is 0. The standard InChI is InChI=1S/2Al.3Mg.H4Si.12H/h;;;;;1H4;;;;;;;;;;;;/q;;3*+2;;;;;;;;6*-1. The van der Waals surface area contributed by atoms with Crippen LogP contribution >= 0.6 is 0 Å². The van der Waals surface area contributed by atoms with E-state index in [-0.39, 0.29) is 123 Å². The molecule has 0 rings (SSSR count). The van der Waals surface area contributed by atoms with E-state index in [1.54, 1.807) is 0 Å². The van der Waals surface area contributed by atoms with Crippen LogP contribution in [0.1, 0.15) is 8.56 Å². The average Bonchev–Trinajstić information content (AvgIpc) is 0. The van der Waals surface area contributed by atoms with Gasteiger partial charge in [-0.1, -0.05) is 0 Å². The van der Waals surface area contributed by atoms with E-state index in [9.17, 15) is 0 Å². The summed E-state index contributed by atoms with van der Waals surface area (Å²) in [6.45, 7) is 0. The van der Waals surface area contributed by atoms with E-state index in [2.05, 4.69) is 0 Å². The molecule has 0 aliphatic rings. The summed E-state index contributed by atoms with van der Waals surface area (Å²) in [5.41, 5.74) is 0. The van der Waals surface area contributed by atoms with Gasteiger partial charge >= 0.3 is 69.2 Å². The Labute approximate surface area is 122 Å². The smallest absolute Gasteiger partial charge is 1.00 e. The van der Waals surface area contributed by atoms with Crippen molar-refractivity contribution in [2.75, 3.05) is 0 Å². The monoisotopic (exact) mass is 170 g/mol. The van der Waals surface area contributed by atoms with Gasteiger partial charge in [-0.3, -0.25) is 0 Å². The molecule has 0 fully saturated rings. The Bertz CT molecular complexity index is 20.8. The molecular formula is H16Al2Mg3Si. The fourth-order valence-electron chi connectivity index (χ4n) is 0. The van der Waals surface area contributed by atoms with Crippen molar-refractivity contribution in [3.8, 4) is 0 Å². The maximum absolute atomic E-state index is 0. The molecule has 0 aromatic heterocycles. The predicted molar refractivity (Wildman–Crippen MR) is 55.1 cm³/mol. The van der Waals surface area contributed by atoms with Crippen LogP contribution in [0.15, 0.2) is 0 Å². The molecule has 0 saturated carbocycles. The summed E-state index contributed by atoms with van der Waals surface area (Å²) < 4.78 is 0. The summed E-state index contributed by atoms with van der Waals surface area (Å²) in [6, 6.07) is 0. The van der Waals surface area contributed by atoms with Crippen LogP contribution in [0.3, 0.4) is 0 Å². The minimum absolute atomic E-state index is 0. The molecule has 0 saturated heterocycles. The molecule has 0 aromatic carbocycles. The molecule has 0 nitrogen and oxygen atoms in total. The molecule has 0 radical (unpaired) electrons. The van der Waals surface area contributed by atoms with Crippen LogP contribution in [-0.2, 0) is 0 Å². The molecule has 0 atom stereocenters. The van der Waals surface area contributed by atoms with Gasteiger partial charge in [-0.2, -0.15) is 0 Å². The van der Waals surface area contributed by atoms with E-state index in [0.29, 0.717) is 0 Å². The van der Waals surface area contributed by atoms with Gasteiger partial charge in [0.2, 0.25) is 0 Å². The van der Waals surface area contributed by atoms with Crippen LogP contribution in [0.25, 0.3) is 0 Å². The molecule has 0 bridgehead atoms. The van der Waals surface area contributed by atoms with Gasteiger partial charge in [0.05, 0.1) is 0 Å². The van der Waals surface area contributed by atoms with Crippen molar-refractivity contribution in [1.82, 2.24) is 0 Å². The first-order valence-corrected chi connectivity index (χ1v) is 0. The normalized spacial score (nSPS) is 0. The molecule has 0 aliphatic heterocycles. The molecule has 32 valence electrons. The second-order valence-corrected chi connectivity index (χ2v) is 0. The summed E-state index contributed by atoms with van der Waals surface area (Å²) in [5, 5.41) is 0. The molecule has 0 aromatic rings. The third kappa shape index (κ3) is 25.6. The summed E-state index contributed by atoms with van der Waals surface area (Å²) in [7, 11) is 0. The van der Waals surface area contributed by atoms with Crippen LogP contribution in [0.2, 0.25) is 0 Å². The van der Waals surface area contributed by atoms with Crippen molar-refractivity contribution in [3.63, 3.8) is 0 Å². The quantitative estimate of drug-likeness (QED) is 0.324. The molecule has 0 N–H and O–H groups in total. The van der Waals surface area contributed by atoms with Gasteiger partial charge in [0.15, 0.2) is 34.7 Å². The zero-order valence-electron chi connectivity index (χ0n) is 8.12. The first-order valence-electron chi connectivity index (χ1n) is 0. The zero-order chi connectivity index (χ0) is 0. The molecule has 6 heavy (non-hydrogen) atoms. The summed E-state index contributed by atoms with van der Waals surface area (Å²) in [6.07, 6.45) is 0. The number of rotatable bonds is 0. The third-order valence-corrected chi connectivity index (χ3v) is 0. The van der Waals surface area contributed by atoms with E-state index in [1.165, 1.54) is 0 Å². The van der Waals surface area contributed by atoms with Crippen molar-refractivity contribution in [2.24, 2.45) is 0 Å². The van der Waals surface area contributed by atoms with Gasteiger partial charge in [0.1, 0.15) is 0 Å². The molecule has 0 heterocycles. The number of hydrogen-bond acceptors (Lipinski definition) is 0. The van der Waals surface area contributed by atoms with Crippen molar-refractivity contribution in [1.29, 1.82) is 0 Å². The minimum Gasteiger partial charge on any atom is -1.00 e. The topological polar surface area (TPSA) is 0 Å². The summed E-state index contributed by atoms with van der Waals surface area (Å²) in [4.78, 5) is 0. The molecule has 0 spiro atoms. The predicted octanol–water partition coefficient (Wildman–Crippen LogP) is -4.29. The largest absolute Gasteiger partial charge is 2.00 e. The maximum atomic E-state index is 0. The maximum Gasteiger partial charge on any atom is 2.00 e. The Morgan fingerprint density at radius 3 is 0.667 bits per heavy atom. The SMILES string of the molecule is [AlH3].[AlH3].[H-].[H-].[H-].[H-].[H-].[H-].[Mg+2].[Mg+2].[Mg+2].[SiH4]. The van der Waals surface area contributed by atoms with Crippen molar-refractivity contribution in [2.45, 2.75) is 0 Å². The second-order valence-electron chi connectivity index (χ2n) is 0. The molecule has 6 heteroatoms. The Morgan fingerprint density at radius 2 is 0.667 bits per heavy atom. The van der Waals surface area contributed by atoms with Crippen molar-refractivity contribution >= 4 is 115 Å². The summed E-state index contributed by atoms with van der Waals surface area (Å²) in [5.74, 6) is 0. The van der Waals surface area contributed by atoms with Gasteiger partial charge in [-0.05, 0) is 11.0 Å². The van der Waals surface area contributed by atoms with Crippen LogP contribution < -0.4 is 0 Å². The van der Waals surface area contributed by atoms with E-state index in [4.69, 9.17) is 0 Å². The molecular weight excluding hydrogens is 155 g/mol. The van der Waals surface area contributed by atoms with Gasteiger partial charge in [-0.15, -0.1) is 0 Å². The molecule has 0 amide bonds. The van der Waals surface area contributed by atoms with Crippen LogP contribution in [-0.4, -0.2) is 115 Å². The van der Waals surface area contributed by atoms with Gasteiger partial charge in [0.25, 0.3) is 0 Å². The third-order valence-electron chi connectivity index (χ3n) is 0. The van der Waals surface area contributed by atoms with Gasteiger partial charge in [0, 0.05) is 0 Å². The second kappa shape index (κ2) is 38.5. The van der Waals surface area contributed by atoms with Crippen molar-refractivity contribution < 1.29 is 8.56 Å². The first kappa shape index (κ1) is 55.0. The van der Waals surface area contributed by atoms with Crippen LogP contribution in [0.4, 0.5) is 0 Å². The fraction of sp³-hybridized carbons (Fsp3) is 0. The van der Waals surface area contributed by atoms with Crippen molar-refractivity contribution in [3.05, 3.63) is 0 Å². The average molecular weight is 171 g/mol. The first-order chi connectivity index (χ1) is 0. The zero-order valence-corrected chi connectivity index (χ0v) is 6.36. The van der Waals surface area contributed by atoms with Crippen LogP contribution in [0.5, 0.6) is 0 Å². The Morgan fingerprint density at radius 1 is 0.667 bits per heavy atom. The Kier molecular flexibility index (Phi) is 353. The molecule has 0 unspecified atom stereocenters. The van der Waals surface area contributed by atoms with E-state index in [1.807, 2.05) is 0 Å². The summed E-state index contributed by atoms with van der Waals surface area (Å²) >= 11 is 0. The van der Waals surface area contributed by atoms with E-state index >= 15 is 0 Å². The molecule has 0 aliphatic carbocycles. The Balaban J connectivity index is 0. The van der Waals surface area contributed by atoms with E-state index < -0.39 is 0 Å².